The summed E-state index contributed by atoms with van der Waals surface area (Å²) in [6.07, 6.45) is 11.4. The number of unbranched alkanes of at least 4 members (excludes halogenated alkanes) is 7. The van der Waals surface area contributed by atoms with Crippen molar-refractivity contribution < 1.29 is 14.6 Å². The molecule has 1 aromatic carbocycles. The molecule has 2 rings (SSSR count). The monoisotopic (exact) mass is 304 g/mol. The first-order chi connectivity index (χ1) is 10.8. The topological polar surface area (TPSA) is 46.5 Å². The highest BCUT2D eigenvalue weighted by Crippen LogP contribution is 2.23. The quantitative estimate of drug-likeness (QED) is 0.518. The lowest BCUT2D eigenvalue weighted by molar-refractivity contribution is 0.0232. The van der Waals surface area contributed by atoms with E-state index in [4.69, 9.17) is 9.84 Å². The lowest BCUT2D eigenvalue weighted by atomic mass is 9.95. The van der Waals surface area contributed by atoms with Crippen LogP contribution in [0.4, 0.5) is 0 Å². The Kier molecular flexibility index (Phi) is 7.44. The van der Waals surface area contributed by atoms with E-state index in [0.29, 0.717) is 6.61 Å². The first kappa shape index (κ1) is 17.0. The minimum Gasteiger partial charge on any atom is -0.458 e. The van der Waals surface area contributed by atoms with Gasteiger partial charge < -0.3 is 9.84 Å². The Morgan fingerprint density at radius 3 is 2.32 bits per heavy atom. The van der Waals surface area contributed by atoms with Gasteiger partial charge in [0.15, 0.2) is 0 Å². The summed E-state index contributed by atoms with van der Waals surface area (Å²) < 4.78 is 5.52. The molecular weight excluding hydrogens is 276 g/mol. The Hall–Kier alpha value is -1.35. The van der Waals surface area contributed by atoms with Crippen molar-refractivity contribution in [1.29, 1.82) is 0 Å². The molecule has 0 aromatic heterocycles. The Balaban J connectivity index is 1.56. The number of fused-ring (bicyclic) bond motifs is 1. The van der Waals surface area contributed by atoms with Gasteiger partial charge in [0.2, 0.25) is 0 Å². The summed E-state index contributed by atoms with van der Waals surface area (Å²) in [7, 11) is 0. The van der Waals surface area contributed by atoms with Crippen LogP contribution in [0.1, 0.15) is 73.7 Å². The second-order valence-electron chi connectivity index (χ2n) is 6.23. The lowest BCUT2D eigenvalue weighted by Gasteiger charge is -2.24. The first-order valence-electron chi connectivity index (χ1n) is 8.71. The number of aliphatic hydroxyl groups excluding tert-OH is 1. The van der Waals surface area contributed by atoms with E-state index >= 15 is 0 Å². The number of carbonyl (C=O) groups excluding carboxylic acids is 1. The molecule has 0 fully saturated rings. The normalized spacial score (nSPS) is 17.1. The van der Waals surface area contributed by atoms with E-state index < -0.39 is 0 Å². The van der Waals surface area contributed by atoms with Gasteiger partial charge in [0.05, 0.1) is 5.56 Å². The van der Waals surface area contributed by atoms with Crippen LogP contribution in [-0.2, 0) is 11.2 Å². The van der Waals surface area contributed by atoms with Crippen LogP contribution in [-0.4, -0.2) is 23.8 Å². The van der Waals surface area contributed by atoms with Gasteiger partial charge in [-0.25, -0.2) is 4.79 Å². The van der Waals surface area contributed by atoms with E-state index in [9.17, 15) is 4.79 Å². The number of benzene rings is 1. The highest BCUT2D eigenvalue weighted by atomic mass is 16.5. The minimum atomic E-state index is -0.157. The molecule has 0 amide bonds. The molecule has 1 unspecified atom stereocenters. The summed E-state index contributed by atoms with van der Waals surface area (Å²) in [5.74, 6) is -0.157. The van der Waals surface area contributed by atoms with Crippen LogP contribution in [0.25, 0.3) is 0 Å². The number of cyclic esters (lactones) is 1. The number of ether oxygens (including phenoxy) is 1. The van der Waals surface area contributed by atoms with Crippen LogP contribution in [0, 0.1) is 0 Å². The van der Waals surface area contributed by atoms with Crippen LogP contribution in [0.2, 0.25) is 0 Å². The number of carbonyl (C=O) groups is 1. The second kappa shape index (κ2) is 9.62. The molecule has 3 nitrogen and oxygen atoms in total. The molecule has 3 heteroatoms. The number of hydrogen-bond donors (Lipinski definition) is 1. The van der Waals surface area contributed by atoms with Gasteiger partial charge in [-0.3, -0.25) is 0 Å². The number of esters is 1. The molecular formula is C19H28O3. The maximum absolute atomic E-state index is 11.9. The Bertz CT molecular complexity index is 456. The zero-order chi connectivity index (χ0) is 15.6. The summed E-state index contributed by atoms with van der Waals surface area (Å²) in [5, 5.41) is 8.71. The fourth-order valence-electron chi connectivity index (χ4n) is 3.10. The smallest absolute Gasteiger partial charge is 0.338 e. The maximum Gasteiger partial charge on any atom is 0.338 e. The zero-order valence-electron chi connectivity index (χ0n) is 13.4. The van der Waals surface area contributed by atoms with E-state index in [-0.39, 0.29) is 12.1 Å². The third-order valence-electron chi connectivity index (χ3n) is 4.39. The van der Waals surface area contributed by atoms with Gasteiger partial charge in [-0.05, 0) is 30.9 Å². The van der Waals surface area contributed by atoms with Crippen molar-refractivity contribution in [2.24, 2.45) is 0 Å². The summed E-state index contributed by atoms with van der Waals surface area (Å²) in [6, 6.07) is 7.77. The summed E-state index contributed by atoms with van der Waals surface area (Å²) in [4.78, 5) is 11.9. The predicted molar refractivity (Wildman–Crippen MR) is 88.0 cm³/mol. The molecule has 1 atom stereocenters. The third kappa shape index (κ3) is 5.45. The molecule has 1 aromatic rings. The molecule has 0 saturated heterocycles. The highest BCUT2D eigenvalue weighted by molar-refractivity contribution is 5.92. The van der Waals surface area contributed by atoms with Crippen LogP contribution in [0.15, 0.2) is 24.3 Å². The molecule has 0 spiro atoms. The van der Waals surface area contributed by atoms with Crippen molar-refractivity contribution in [3.63, 3.8) is 0 Å². The molecule has 1 aliphatic heterocycles. The second-order valence-corrected chi connectivity index (χ2v) is 6.23. The predicted octanol–water partition coefficient (Wildman–Crippen LogP) is 4.27. The fourth-order valence-corrected chi connectivity index (χ4v) is 3.10. The molecule has 0 aliphatic carbocycles. The minimum absolute atomic E-state index is 0.0620. The van der Waals surface area contributed by atoms with Crippen LogP contribution >= 0.6 is 0 Å². The molecule has 0 radical (unpaired) electrons. The molecule has 22 heavy (non-hydrogen) atoms. The summed E-state index contributed by atoms with van der Waals surface area (Å²) >= 11 is 0. The van der Waals surface area contributed by atoms with Gasteiger partial charge in [0.25, 0.3) is 0 Å². The van der Waals surface area contributed by atoms with Crippen molar-refractivity contribution in [2.45, 2.75) is 70.3 Å². The van der Waals surface area contributed by atoms with Crippen molar-refractivity contribution in [2.75, 3.05) is 6.61 Å². The fraction of sp³-hybridized carbons (Fsp3) is 0.632. The SMILES string of the molecule is O=C1OC(CCCCCCCCCCO)Cc2ccccc21. The van der Waals surface area contributed by atoms with E-state index in [2.05, 4.69) is 0 Å². The largest absolute Gasteiger partial charge is 0.458 e. The molecule has 1 heterocycles. The lowest BCUT2D eigenvalue weighted by Crippen LogP contribution is -2.27. The zero-order valence-corrected chi connectivity index (χ0v) is 13.4. The maximum atomic E-state index is 11.9. The number of aliphatic hydroxyl groups is 1. The molecule has 122 valence electrons. The van der Waals surface area contributed by atoms with E-state index in [1.807, 2.05) is 24.3 Å². The third-order valence-corrected chi connectivity index (χ3v) is 4.39. The Labute approximate surface area is 133 Å². The van der Waals surface area contributed by atoms with Crippen molar-refractivity contribution >= 4 is 5.97 Å². The van der Waals surface area contributed by atoms with Crippen LogP contribution < -0.4 is 0 Å². The highest BCUT2D eigenvalue weighted by Gasteiger charge is 2.25. The van der Waals surface area contributed by atoms with Crippen molar-refractivity contribution in [3.8, 4) is 0 Å². The Morgan fingerprint density at radius 1 is 0.955 bits per heavy atom. The molecule has 1 aliphatic rings. The summed E-state index contributed by atoms with van der Waals surface area (Å²) in [5.41, 5.74) is 1.87. The first-order valence-corrected chi connectivity index (χ1v) is 8.71. The summed E-state index contributed by atoms with van der Waals surface area (Å²) in [6.45, 7) is 0.323. The molecule has 0 saturated carbocycles. The van der Waals surface area contributed by atoms with Gasteiger partial charge in [0, 0.05) is 13.0 Å². The number of rotatable bonds is 10. The average molecular weight is 304 g/mol. The standard InChI is InChI=1S/C19H28O3/c20-14-10-6-4-2-1-3-5-7-12-17-15-16-11-8-9-13-18(16)19(21)22-17/h8-9,11,13,17,20H,1-7,10,12,14-15H2. The van der Waals surface area contributed by atoms with Crippen molar-refractivity contribution in [3.05, 3.63) is 35.4 Å². The van der Waals surface area contributed by atoms with Gasteiger partial charge in [0.1, 0.15) is 6.10 Å². The Morgan fingerprint density at radius 2 is 1.59 bits per heavy atom. The molecule has 1 N–H and O–H groups in total. The number of hydrogen-bond acceptors (Lipinski definition) is 3. The van der Waals surface area contributed by atoms with Gasteiger partial charge in [-0.15, -0.1) is 0 Å². The van der Waals surface area contributed by atoms with Gasteiger partial charge in [-0.2, -0.15) is 0 Å². The van der Waals surface area contributed by atoms with E-state index in [0.717, 1.165) is 43.2 Å². The van der Waals surface area contributed by atoms with Gasteiger partial charge >= 0.3 is 5.97 Å². The van der Waals surface area contributed by atoms with Crippen LogP contribution in [0.3, 0.4) is 0 Å². The van der Waals surface area contributed by atoms with E-state index in [1.54, 1.807) is 0 Å². The molecule has 0 bridgehead atoms. The van der Waals surface area contributed by atoms with Crippen molar-refractivity contribution in [1.82, 2.24) is 0 Å². The van der Waals surface area contributed by atoms with Gasteiger partial charge in [-0.1, -0.05) is 56.7 Å². The van der Waals surface area contributed by atoms with E-state index in [1.165, 1.54) is 32.1 Å². The average Bonchev–Trinajstić information content (AvgIpc) is 2.53. The van der Waals surface area contributed by atoms with Crippen LogP contribution in [0.5, 0.6) is 0 Å².